The Bertz CT molecular complexity index is 398. The number of hydrogen-bond acceptors (Lipinski definition) is 3. The molecule has 1 aromatic rings. The molecule has 0 aliphatic carbocycles. The predicted octanol–water partition coefficient (Wildman–Crippen LogP) is 2.29. The lowest BCUT2D eigenvalue weighted by Gasteiger charge is -2.34. The molecule has 0 unspecified atom stereocenters. The smallest absolute Gasteiger partial charge is 0.371 e. The number of nitrogens with zero attached hydrogens (tertiary/aromatic N) is 2. The highest BCUT2D eigenvalue weighted by Gasteiger charge is 2.35. The summed E-state index contributed by atoms with van der Waals surface area (Å²) in [6.45, 7) is 1.27. The molecule has 0 saturated carbocycles. The molecule has 18 heavy (non-hydrogen) atoms. The summed E-state index contributed by atoms with van der Waals surface area (Å²) in [5.41, 5.74) is -0.403. The molecule has 0 spiro atoms. The average molecular weight is 259 g/mol. The normalized spacial score (nSPS) is 18.1. The van der Waals surface area contributed by atoms with Gasteiger partial charge < -0.3 is 10.2 Å². The van der Waals surface area contributed by atoms with E-state index in [1.54, 1.807) is 4.90 Å². The summed E-state index contributed by atoms with van der Waals surface area (Å²) in [5.74, 6) is 0. The summed E-state index contributed by atoms with van der Waals surface area (Å²) < 4.78 is 38.6. The van der Waals surface area contributed by atoms with E-state index in [1.807, 2.05) is 7.05 Å². The number of rotatable bonds is 2. The maximum atomic E-state index is 12.9. The fourth-order valence-corrected chi connectivity index (χ4v) is 2.29. The fraction of sp³-hybridized carbons (Fsp3) is 0.583. The molecular weight excluding hydrogens is 243 g/mol. The Morgan fingerprint density at radius 1 is 1.33 bits per heavy atom. The fourth-order valence-electron chi connectivity index (χ4n) is 2.29. The van der Waals surface area contributed by atoms with Crippen molar-refractivity contribution < 1.29 is 13.2 Å². The first kappa shape index (κ1) is 13.1. The monoisotopic (exact) mass is 259 g/mol. The van der Waals surface area contributed by atoms with Crippen LogP contribution in [0, 0.1) is 0 Å². The average Bonchev–Trinajstić information content (AvgIpc) is 2.38. The molecule has 1 aromatic heterocycles. The summed E-state index contributed by atoms with van der Waals surface area (Å²) in [4.78, 5) is 5.37. The Hall–Kier alpha value is -1.30. The molecule has 100 valence electrons. The van der Waals surface area contributed by atoms with E-state index in [0.717, 1.165) is 19.0 Å². The van der Waals surface area contributed by atoms with E-state index >= 15 is 0 Å². The highest BCUT2D eigenvalue weighted by molar-refractivity contribution is 5.53. The van der Waals surface area contributed by atoms with Crippen molar-refractivity contribution in [3.8, 4) is 0 Å². The van der Waals surface area contributed by atoms with Gasteiger partial charge in [-0.25, -0.2) is 0 Å². The van der Waals surface area contributed by atoms with Crippen LogP contribution in [0.15, 0.2) is 18.5 Å². The van der Waals surface area contributed by atoms with Crippen LogP contribution in [0.1, 0.15) is 18.4 Å². The van der Waals surface area contributed by atoms with Crippen LogP contribution in [0.5, 0.6) is 0 Å². The highest BCUT2D eigenvalue weighted by atomic mass is 19.4. The highest BCUT2D eigenvalue weighted by Crippen LogP contribution is 2.36. The minimum Gasteiger partial charge on any atom is -0.371 e. The van der Waals surface area contributed by atoms with Gasteiger partial charge in [-0.15, -0.1) is 0 Å². The van der Waals surface area contributed by atoms with Crippen molar-refractivity contribution in [2.24, 2.45) is 0 Å². The van der Waals surface area contributed by atoms with Gasteiger partial charge in [-0.1, -0.05) is 0 Å². The molecule has 0 aromatic carbocycles. The van der Waals surface area contributed by atoms with Crippen molar-refractivity contribution in [3.05, 3.63) is 24.0 Å². The van der Waals surface area contributed by atoms with Crippen LogP contribution in [0.25, 0.3) is 0 Å². The number of pyridine rings is 1. The van der Waals surface area contributed by atoms with Gasteiger partial charge in [0, 0.05) is 31.5 Å². The molecule has 0 radical (unpaired) electrons. The largest absolute Gasteiger partial charge is 0.419 e. The van der Waals surface area contributed by atoms with Gasteiger partial charge in [0.1, 0.15) is 0 Å². The minimum absolute atomic E-state index is 0.243. The van der Waals surface area contributed by atoms with Crippen molar-refractivity contribution in [2.75, 3.05) is 25.0 Å². The van der Waals surface area contributed by atoms with E-state index in [0.29, 0.717) is 19.1 Å². The molecule has 1 fully saturated rings. The van der Waals surface area contributed by atoms with Crippen molar-refractivity contribution >= 4 is 5.69 Å². The molecular formula is C12H16F3N3. The lowest BCUT2D eigenvalue weighted by Crippen LogP contribution is -2.41. The molecule has 1 aliphatic heterocycles. The summed E-state index contributed by atoms with van der Waals surface area (Å²) in [6.07, 6.45) is -0.316. The Kier molecular flexibility index (Phi) is 3.75. The van der Waals surface area contributed by atoms with Gasteiger partial charge in [0.2, 0.25) is 0 Å². The van der Waals surface area contributed by atoms with Gasteiger partial charge in [0.05, 0.1) is 11.3 Å². The van der Waals surface area contributed by atoms with Gasteiger partial charge in [-0.05, 0) is 26.0 Å². The summed E-state index contributed by atoms with van der Waals surface area (Å²) in [7, 11) is 1.88. The molecule has 0 amide bonds. The minimum atomic E-state index is -4.34. The van der Waals surface area contributed by atoms with Gasteiger partial charge in [0.25, 0.3) is 0 Å². The third kappa shape index (κ3) is 2.75. The molecule has 1 N–H and O–H groups in total. The van der Waals surface area contributed by atoms with E-state index < -0.39 is 11.7 Å². The number of hydrogen-bond donors (Lipinski definition) is 1. The van der Waals surface area contributed by atoms with Gasteiger partial charge in [0.15, 0.2) is 0 Å². The van der Waals surface area contributed by atoms with E-state index in [2.05, 4.69) is 10.3 Å². The molecule has 6 heteroatoms. The van der Waals surface area contributed by atoms with E-state index in [-0.39, 0.29) is 5.69 Å². The lowest BCUT2D eigenvalue weighted by atomic mass is 10.0. The zero-order chi connectivity index (χ0) is 13.2. The van der Waals surface area contributed by atoms with Crippen LogP contribution in [0.2, 0.25) is 0 Å². The zero-order valence-corrected chi connectivity index (χ0v) is 10.2. The Labute approximate surface area is 104 Å². The first-order chi connectivity index (χ1) is 8.52. The first-order valence-corrected chi connectivity index (χ1v) is 5.96. The third-order valence-electron chi connectivity index (χ3n) is 3.35. The quantitative estimate of drug-likeness (QED) is 0.883. The maximum absolute atomic E-state index is 12.9. The first-order valence-electron chi connectivity index (χ1n) is 5.96. The predicted molar refractivity (Wildman–Crippen MR) is 63.5 cm³/mol. The number of aromatic nitrogens is 1. The summed E-state index contributed by atoms with van der Waals surface area (Å²) in [6, 6.07) is 1.85. The molecule has 1 aliphatic rings. The third-order valence-corrected chi connectivity index (χ3v) is 3.35. The van der Waals surface area contributed by atoms with Crippen molar-refractivity contribution in [3.63, 3.8) is 0 Å². The van der Waals surface area contributed by atoms with Crippen molar-refractivity contribution in [1.82, 2.24) is 10.3 Å². The number of piperidine rings is 1. The van der Waals surface area contributed by atoms with Crippen molar-refractivity contribution in [1.29, 1.82) is 0 Å². The summed E-state index contributed by atoms with van der Waals surface area (Å²) >= 11 is 0. The topological polar surface area (TPSA) is 28.2 Å². The van der Waals surface area contributed by atoms with Gasteiger partial charge in [-0.2, -0.15) is 13.2 Å². The molecule has 1 saturated heterocycles. The van der Waals surface area contributed by atoms with Crippen LogP contribution in [-0.4, -0.2) is 31.2 Å². The number of halogens is 3. The maximum Gasteiger partial charge on any atom is 0.419 e. The second-order valence-corrected chi connectivity index (χ2v) is 4.44. The van der Waals surface area contributed by atoms with Crippen LogP contribution in [0.3, 0.4) is 0 Å². The molecule has 3 nitrogen and oxygen atoms in total. The Balaban J connectivity index is 2.19. The van der Waals surface area contributed by atoms with E-state index in [4.69, 9.17) is 0 Å². The van der Waals surface area contributed by atoms with Crippen LogP contribution >= 0.6 is 0 Å². The molecule has 0 bridgehead atoms. The molecule has 2 heterocycles. The Morgan fingerprint density at radius 3 is 2.56 bits per heavy atom. The summed E-state index contributed by atoms with van der Waals surface area (Å²) in [5, 5.41) is 3.16. The van der Waals surface area contributed by atoms with E-state index in [1.165, 1.54) is 12.3 Å². The second-order valence-electron chi connectivity index (χ2n) is 4.44. The van der Waals surface area contributed by atoms with Crippen LogP contribution in [0.4, 0.5) is 18.9 Å². The van der Waals surface area contributed by atoms with E-state index in [9.17, 15) is 13.2 Å². The SMILES string of the molecule is CNC1CCN(c2ccncc2C(F)(F)F)CC1. The van der Waals surface area contributed by atoms with Crippen LogP contribution in [-0.2, 0) is 6.18 Å². The number of anilines is 1. The molecule has 0 atom stereocenters. The zero-order valence-electron chi connectivity index (χ0n) is 10.2. The van der Waals surface area contributed by atoms with Crippen molar-refractivity contribution in [2.45, 2.75) is 25.1 Å². The lowest BCUT2D eigenvalue weighted by molar-refractivity contribution is -0.137. The van der Waals surface area contributed by atoms with Gasteiger partial charge >= 0.3 is 6.18 Å². The van der Waals surface area contributed by atoms with Crippen LogP contribution < -0.4 is 10.2 Å². The number of nitrogens with one attached hydrogen (secondary N) is 1. The Morgan fingerprint density at radius 2 is 2.00 bits per heavy atom. The molecule has 2 rings (SSSR count). The second kappa shape index (κ2) is 5.14. The standard InChI is InChI=1S/C12H16F3N3/c1-16-9-3-6-18(7-4-9)11-2-5-17-8-10(11)12(13,14)15/h2,5,8-9,16H,3-4,6-7H2,1H3. The van der Waals surface area contributed by atoms with Gasteiger partial charge in [-0.3, -0.25) is 4.98 Å². The number of alkyl halides is 3.